The number of nitrogens with zero attached hydrogens (tertiary/aromatic N) is 4. The second kappa shape index (κ2) is 11.8. The number of fused-ring (bicyclic) bond motifs is 1. The van der Waals surface area contributed by atoms with Crippen molar-refractivity contribution < 1.29 is 14.6 Å². The Bertz CT molecular complexity index is 1280. The Morgan fingerprint density at radius 2 is 1.86 bits per heavy atom. The van der Waals surface area contributed by atoms with Crippen LogP contribution in [0, 0.1) is 0 Å². The zero-order valence-corrected chi connectivity index (χ0v) is 21.3. The molecule has 1 amide bonds. The summed E-state index contributed by atoms with van der Waals surface area (Å²) in [4.78, 5) is 15.6. The normalized spacial score (nSPS) is 18.6. The Morgan fingerprint density at radius 1 is 1.11 bits per heavy atom. The van der Waals surface area contributed by atoms with Gasteiger partial charge in [0.2, 0.25) is 0 Å². The summed E-state index contributed by atoms with van der Waals surface area (Å²) in [7, 11) is 0. The quantitative estimate of drug-likeness (QED) is 0.330. The average molecular weight is 502 g/mol. The number of hydrogen-bond donors (Lipinski definition) is 2. The van der Waals surface area contributed by atoms with E-state index in [2.05, 4.69) is 26.0 Å². The van der Waals surface area contributed by atoms with Gasteiger partial charge in [-0.2, -0.15) is 10.1 Å². The Labute approximate surface area is 217 Å². The molecule has 2 aliphatic rings. The number of ether oxygens (including phenoxy) is 1. The largest absolute Gasteiger partial charge is 0.390 e. The van der Waals surface area contributed by atoms with Crippen molar-refractivity contribution >= 4 is 34.3 Å². The van der Waals surface area contributed by atoms with E-state index < -0.39 is 6.10 Å². The van der Waals surface area contributed by atoms with Crippen LogP contribution in [0.5, 0.6) is 0 Å². The number of hydrogen-bond acceptors (Lipinski definition) is 6. The number of nitrogens with one attached hydrogen (secondary N) is 1. The van der Waals surface area contributed by atoms with Crippen LogP contribution in [0.3, 0.4) is 0 Å². The lowest BCUT2D eigenvalue weighted by molar-refractivity contribution is -0.114. The molecule has 2 N–H and O–H groups in total. The molecule has 37 heavy (non-hydrogen) atoms. The molecule has 8 heteroatoms. The number of amides is 1. The number of carbonyl (C=O) groups excluding carboxylic acids is 1. The minimum absolute atomic E-state index is 0.137. The molecular weight excluding hydrogens is 466 g/mol. The topological polar surface area (TPSA) is 82.3 Å². The van der Waals surface area contributed by atoms with E-state index in [0.717, 1.165) is 68.0 Å². The minimum Gasteiger partial charge on any atom is -0.390 e. The first kappa shape index (κ1) is 25.4. The number of carbonyl (C=O) groups is 1. The van der Waals surface area contributed by atoms with E-state index in [-0.39, 0.29) is 5.91 Å². The third-order valence-electron chi connectivity index (χ3n) is 6.90. The predicted molar refractivity (Wildman–Crippen MR) is 148 cm³/mol. The Kier molecular flexibility index (Phi) is 8.11. The van der Waals surface area contributed by atoms with Gasteiger partial charge in [-0.3, -0.25) is 9.69 Å². The first-order chi connectivity index (χ1) is 18.1. The lowest BCUT2D eigenvalue weighted by Gasteiger charge is -2.26. The summed E-state index contributed by atoms with van der Waals surface area (Å²) in [6.45, 7) is 8.43. The molecule has 0 radical (unpaired) electrons. The van der Waals surface area contributed by atoms with E-state index in [1.807, 2.05) is 67.7 Å². The fourth-order valence-corrected chi connectivity index (χ4v) is 4.94. The molecule has 1 saturated heterocycles. The SMILES string of the molecule is CC1=NN(c2ccccc2)C(=O)/C1=C/c1cn(C[C@@H](O)CNCCCN2CCOCC2)c2ccccc12. The van der Waals surface area contributed by atoms with Gasteiger partial charge in [0.05, 0.1) is 36.3 Å². The van der Waals surface area contributed by atoms with Gasteiger partial charge in [-0.05, 0) is 50.7 Å². The molecule has 3 heterocycles. The fraction of sp³-hybridized carbons (Fsp3) is 0.379. The van der Waals surface area contributed by atoms with Gasteiger partial charge in [-0.25, -0.2) is 0 Å². The van der Waals surface area contributed by atoms with Crippen LogP contribution in [-0.4, -0.2) is 78.2 Å². The second-order valence-corrected chi connectivity index (χ2v) is 9.62. The van der Waals surface area contributed by atoms with E-state index >= 15 is 0 Å². The Balaban J connectivity index is 1.24. The van der Waals surface area contributed by atoms with E-state index in [9.17, 15) is 9.90 Å². The highest BCUT2D eigenvalue weighted by Crippen LogP contribution is 2.28. The summed E-state index contributed by atoms with van der Waals surface area (Å²) < 4.78 is 7.47. The number of aliphatic hydroxyl groups excluding tert-OH is 1. The molecule has 2 aliphatic heterocycles. The molecule has 0 saturated carbocycles. The molecule has 0 spiro atoms. The first-order valence-electron chi connectivity index (χ1n) is 13.0. The van der Waals surface area contributed by atoms with E-state index in [0.29, 0.717) is 24.4 Å². The number of aliphatic hydroxyl groups is 1. The lowest BCUT2D eigenvalue weighted by Crippen LogP contribution is -2.38. The second-order valence-electron chi connectivity index (χ2n) is 9.62. The summed E-state index contributed by atoms with van der Waals surface area (Å²) in [6.07, 6.45) is 4.46. The van der Waals surface area contributed by atoms with Gasteiger partial charge < -0.3 is 19.7 Å². The van der Waals surface area contributed by atoms with Crippen molar-refractivity contribution in [1.82, 2.24) is 14.8 Å². The molecule has 1 fully saturated rings. The van der Waals surface area contributed by atoms with Crippen molar-refractivity contribution in [2.45, 2.75) is 26.0 Å². The highest BCUT2D eigenvalue weighted by Gasteiger charge is 2.29. The Hall–Kier alpha value is -3.30. The summed E-state index contributed by atoms with van der Waals surface area (Å²) in [5, 5.41) is 21.1. The molecule has 3 aromatic rings. The van der Waals surface area contributed by atoms with Crippen molar-refractivity contribution in [2.75, 3.05) is 50.9 Å². The summed E-state index contributed by atoms with van der Waals surface area (Å²) in [5.41, 5.74) is 3.98. The molecule has 1 atom stereocenters. The van der Waals surface area contributed by atoms with Crippen molar-refractivity contribution in [3.63, 3.8) is 0 Å². The van der Waals surface area contributed by atoms with Crippen LogP contribution in [0.1, 0.15) is 18.9 Å². The van der Waals surface area contributed by atoms with E-state index in [1.165, 1.54) is 5.01 Å². The third kappa shape index (κ3) is 5.99. The van der Waals surface area contributed by atoms with Gasteiger partial charge in [0.25, 0.3) is 5.91 Å². The van der Waals surface area contributed by atoms with Crippen LogP contribution in [0.2, 0.25) is 0 Å². The number of anilines is 1. The number of morpholine rings is 1. The zero-order valence-electron chi connectivity index (χ0n) is 21.3. The Morgan fingerprint density at radius 3 is 2.68 bits per heavy atom. The molecule has 0 unspecified atom stereocenters. The number of rotatable bonds is 10. The zero-order chi connectivity index (χ0) is 25.6. The van der Waals surface area contributed by atoms with E-state index in [1.54, 1.807) is 0 Å². The van der Waals surface area contributed by atoms with Crippen LogP contribution < -0.4 is 10.3 Å². The maximum Gasteiger partial charge on any atom is 0.280 e. The standard InChI is InChI=1S/C29H35N5O3/c1-22-27(29(36)34(31-22)24-8-3-2-4-9-24)18-23-20-33(28-11-6-5-10-26(23)28)21-25(35)19-30-12-7-13-32-14-16-37-17-15-32/h2-6,8-11,18,20,25,30,35H,7,12-17,19,21H2,1H3/b27-18+/t25-/m0/s1. The molecule has 2 aromatic carbocycles. The third-order valence-corrected chi connectivity index (χ3v) is 6.90. The number of benzene rings is 2. The summed E-state index contributed by atoms with van der Waals surface area (Å²) in [6, 6.07) is 17.6. The van der Waals surface area contributed by atoms with Gasteiger partial charge >= 0.3 is 0 Å². The highest BCUT2D eigenvalue weighted by molar-refractivity contribution is 6.32. The molecule has 5 rings (SSSR count). The summed E-state index contributed by atoms with van der Waals surface area (Å²) in [5.74, 6) is -0.137. The first-order valence-corrected chi connectivity index (χ1v) is 13.0. The van der Waals surface area contributed by atoms with Gasteiger partial charge in [0.15, 0.2) is 0 Å². The maximum atomic E-state index is 13.2. The van der Waals surface area contributed by atoms with Crippen molar-refractivity contribution in [2.24, 2.45) is 5.10 Å². The van der Waals surface area contributed by atoms with Crippen LogP contribution in [0.4, 0.5) is 5.69 Å². The molecular formula is C29H35N5O3. The van der Waals surface area contributed by atoms with Crippen molar-refractivity contribution in [3.8, 4) is 0 Å². The molecule has 194 valence electrons. The van der Waals surface area contributed by atoms with Gasteiger partial charge in [-0.15, -0.1) is 0 Å². The lowest BCUT2D eigenvalue weighted by atomic mass is 10.1. The molecule has 0 bridgehead atoms. The van der Waals surface area contributed by atoms with Gasteiger partial charge in [-0.1, -0.05) is 36.4 Å². The summed E-state index contributed by atoms with van der Waals surface area (Å²) >= 11 is 0. The van der Waals surface area contributed by atoms with Gasteiger partial charge in [0, 0.05) is 48.8 Å². The minimum atomic E-state index is -0.523. The van der Waals surface area contributed by atoms with Crippen molar-refractivity contribution in [1.29, 1.82) is 0 Å². The van der Waals surface area contributed by atoms with Gasteiger partial charge in [0.1, 0.15) is 0 Å². The maximum absolute atomic E-state index is 13.2. The van der Waals surface area contributed by atoms with Crippen LogP contribution in [0.15, 0.2) is 71.5 Å². The fourth-order valence-electron chi connectivity index (χ4n) is 4.94. The number of hydrazone groups is 1. The number of para-hydroxylation sites is 2. The average Bonchev–Trinajstić information content (AvgIpc) is 3.41. The van der Waals surface area contributed by atoms with Crippen LogP contribution in [-0.2, 0) is 16.1 Å². The number of aromatic nitrogens is 1. The molecule has 8 nitrogen and oxygen atoms in total. The van der Waals surface area contributed by atoms with Crippen LogP contribution in [0.25, 0.3) is 17.0 Å². The monoisotopic (exact) mass is 501 g/mol. The molecule has 0 aliphatic carbocycles. The molecule has 1 aromatic heterocycles. The van der Waals surface area contributed by atoms with Crippen LogP contribution >= 0.6 is 0 Å². The predicted octanol–water partition coefficient (Wildman–Crippen LogP) is 3.12. The van der Waals surface area contributed by atoms with Crippen molar-refractivity contribution in [3.05, 3.63) is 71.9 Å². The highest BCUT2D eigenvalue weighted by atomic mass is 16.5. The smallest absolute Gasteiger partial charge is 0.280 e. The van der Waals surface area contributed by atoms with E-state index in [4.69, 9.17) is 4.74 Å².